The Morgan fingerprint density at radius 3 is 1.19 bits per heavy atom. The number of hydrogen-bond donors (Lipinski definition) is 0. The van der Waals surface area contributed by atoms with Crippen LogP contribution in [-0.4, -0.2) is 0 Å². The largest absolute Gasteiger partial charge is 0.0980 e. The van der Waals surface area contributed by atoms with E-state index in [1.807, 2.05) is 0 Å². The smallest absolute Gasteiger partial charge is 0.00978 e. The van der Waals surface area contributed by atoms with Gasteiger partial charge in [0.1, 0.15) is 0 Å². The molecule has 0 aliphatic heterocycles. The van der Waals surface area contributed by atoms with Crippen molar-refractivity contribution in [3.63, 3.8) is 0 Å². The zero-order valence-electron chi connectivity index (χ0n) is 14.0. The molecule has 0 radical (unpaired) electrons. The highest BCUT2D eigenvalue weighted by Crippen LogP contribution is 2.39. The van der Waals surface area contributed by atoms with E-state index < -0.39 is 7.92 Å². The highest BCUT2D eigenvalue weighted by molar-refractivity contribution is 7.76. The summed E-state index contributed by atoms with van der Waals surface area (Å²) in [5, 5.41) is 2.95. The maximum Gasteiger partial charge on any atom is -0.00978 e. The zero-order chi connectivity index (χ0) is 15.7. The van der Waals surface area contributed by atoms with Crippen LogP contribution < -0.4 is 10.6 Å². The quantitative estimate of drug-likeness (QED) is 0.690. The fraction of sp³-hybridized carbons (Fsp3) is 0.300. The van der Waals surface area contributed by atoms with Crippen LogP contribution in [0.15, 0.2) is 36.7 Å². The number of benzene rings is 2. The van der Waals surface area contributed by atoms with Crippen molar-refractivity contribution in [1.29, 1.82) is 0 Å². The molecule has 0 aliphatic carbocycles. The van der Waals surface area contributed by atoms with Crippen molar-refractivity contribution in [3.8, 4) is 0 Å². The summed E-state index contributed by atoms with van der Waals surface area (Å²) in [5.41, 5.74) is 8.22. The second kappa shape index (κ2) is 6.16. The maximum atomic E-state index is 4.15. The molecule has 0 aliphatic rings. The van der Waals surface area contributed by atoms with E-state index in [0.29, 0.717) is 0 Å². The number of hydrogen-bond acceptors (Lipinski definition) is 0. The normalized spacial score (nSPS) is 11.0. The summed E-state index contributed by atoms with van der Waals surface area (Å²) >= 11 is 0. The van der Waals surface area contributed by atoms with E-state index in [9.17, 15) is 0 Å². The van der Waals surface area contributed by atoms with E-state index >= 15 is 0 Å². The summed E-state index contributed by atoms with van der Waals surface area (Å²) in [6, 6.07) is 9.17. The van der Waals surface area contributed by atoms with Crippen LogP contribution in [0.5, 0.6) is 0 Å². The molecule has 0 spiro atoms. The molecule has 110 valence electrons. The Labute approximate surface area is 130 Å². The summed E-state index contributed by atoms with van der Waals surface area (Å²) in [6.07, 6.45) is 0. The Morgan fingerprint density at radius 2 is 0.952 bits per heavy atom. The zero-order valence-corrected chi connectivity index (χ0v) is 14.9. The van der Waals surface area contributed by atoms with Crippen molar-refractivity contribution in [2.75, 3.05) is 0 Å². The molecule has 0 unspecified atom stereocenters. The van der Waals surface area contributed by atoms with Crippen molar-refractivity contribution >= 4 is 18.5 Å². The van der Waals surface area contributed by atoms with Gasteiger partial charge in [0.05, 0.1) is 0 Å². The van der Waals surface area contributed by atoms with Crippen LogP contribution in [0, 0.1) is 41.5 Å². The van der Waals surface area contributed by atoms with Crippen LogP contribution in [0.3, 0.4) is 0 Å². The molecule has 0 saturated heterocycles. The molecule has 21 heavy (non-hydrogen) atoms. The van der Waals surface area contributed by atoms with Gasteiger partial charge in [0.15, 0.2) is 0 Å². The van der Waals surface area contributed by atoms with E-state index in [0.717, 1.165) is 0 Å². The minimum absolute atomic E-state index is 0.493. The van der Waals surface area contributed by atoms with Crippen molar-refractivity contribution < 1.29 is 0 Å². The fourth-order valence-corrected chi connectivity index (χ4v) is 5.77. The lowest BCUT2D eigenvalue weighted by Gasteiger charge is -2.24. The molecule has 0 fully saturated rings. The predicted octanol–water partition coefficient (Wildman–Crippen LogP) is 5.11. The molecule has 1 heteroatoms. The van der Waals surface area contributed by atoms with Gasteiger partial charge in [0.25, 0.3) is 0 Å². The Bertz CT molecular complexity index is 591. The first-order valence-electron chi connectivity index (χ1n) is 7.42. The van der Waals surface area contributed by atoms with Crippen molar-refractivity contribution in [3.05, 3.63) is 70.0 Å². The van der Waals surface area contributed by atoms with E-state index in [1.54, 1.807) is 0 Å². The third-order valence-corrected chi connectivity index (χ3v) is 6.67. The molecule has 2 aromatic carbocycles. The highest BCUT2D eigenvalue weighted by atomic mass is 31.1. The van der Waals surface area contributed by atoms with Gasteiger partial charge in [0.2, 0.25) is 0 Å². The molecule has 0 N–H and O–H groups in total. The fourth-order valence-electron chi connectivity index (χ4n) is 3.40. The second-order valence-electron chi connectivity index (χ2n) is 6.05. The summed E-state index contributed by atoms with van der Waals surface area (Å²) < 4.78 is 0. The monoisotopic (exact) mass is 296 g/mol. The molecule has 0 heterocycles. The van der Waals surface area contributed by atoms with Gasteiger partial charge in [-0.3, -0.25) is 0 Å². The van der Waals surface area contributed by atoms with Crippen LogP contribution in [0.1, 0.15) is 33.4 Å². The lowest BCUT2D eigenvalue weighted by Crippen LogP contribution is -2.20. The third kappa shape index (κ3) is 3.11. The molecule has 2 aromatic rings. The Kier molecular flexibility index (Phi) is 4.69. The lowest BCUT2D eigenvalue weighted by molar-refractivity contribution is 1.35. The summed E-state index contributed by atoms with van der Waals surface area (Å²) in [6.45, 7) is 17.4. The van der Waals surface area contributed by atoms with Gasteiger partial charge in [-0.05, 0) is 82.3 Å². The van der Waals surface area contributed by atoms with E-state index in [-0.39, 0.29) is 0 Å². The highest BCUT2D eigenvalue weighted by Gasteiger charge is 2.19. The third-order valence-electron chi connectivity index (χ3n) is 3.94. The molecular weight excluding hydrogens is 271 g/mol. The molecule has 2 rings (SSSR count). The van der Waals surface area contributed by atoms with Gasteiger partial charge in [-0.25, -0.2) is 0 Å². The first-order valence-corrected chi connectivity index (χ1v) is 8.83. The molecule has 0 nitrogen and oxygen atoms in total. The van der Waals surface area contributed by atoms with Crippen LogP contribution >= 0.6 is 7.92 Å². The van der Waals surface area contributed by atoms with Crippen LogP contribution in [0.25, 0.3) is 0 Å². The minimum atomic E-state index is -0.493. The van der Waals surface area contributed by atoms with Gasteiger partial charge in [-0.15, -0.1) is 0 Å². The molecule has 0 atom stereocenters. The lowest BCUT2D eigenvalue weighted by atomic mass is 10.1. The molecule has 0 aromatic heterocycles. The molecule has 0 saturated carbocycles. The van der Waals surface area contributed by atoms with E-state index in [2.05, 4.69) is 78.2 Å². The van der Waals surface area contributed by atoms with Gasteiger partial charge in [0, 0.05) is 0 Å². The van der Waals surface area contributed by atoms with Crippen molar-refractivity contribution in [2.45, 2.75) is 41.5 Å². The standard InChI is InChI=1S/C20H25P/c1-8-21(19-15(4)9-13(2)10-16(19)5)20-17(6)11-14(3)12-18(20)7/h8-12H,1H2,2-7H3. The van der Waals surface area contributed by atoms with Crippen LogP contribution in [0.2, 0.25) is 0 Å². The predicted molar refractivity (Wildman–Crippen MR) is 97.7 cm³/mol. The Hall–Kier alpha value is -1.39. The molecular formula is C20H25P. The van der Waals surface area contributed by atoms with Crippen molar-refractivity contribution in [2.24, 2.45) is 0 Å². The Balaban J connectivity index is 2.69. The average Bonchev–Trinajstić information content (AvgIpc) is 2.34. The van der Waals surface area contributed by atoms with Gasteiger partial charge < -0.3 is 0 Å². The minimum Gasteiger partial charge on any atom is -0.0980 e. The van der Waals surface area contributed by atoms with Gasteiger partial charge in [-0.1, -0.05) is 47.8 Å². The van der Waals surface area contributed by atoms with Crippen LogP contribution in [0.4, 0.5) is 0 Å². The van der Waals surface area contributed by atoms with Crippen molar-refractivity contribution in [1.82, 2.24) is 0 Å². The Morgan fingerprint density at radius 1 is 0.667 bits per heavy atom. The number of rotatable bonds is 3. The molecule has 0 bridgehead atoms. The topological polar surface area (TPSA) is 0 Å². The summed E-state index contributed by atoms with van der Waals surface area (Å²) in [7, 11) is -0.493. The van der Waals surface area contributed by atoms with Crippen LogP contribution in [-0.2, 0) is 0 Å². The first kappa shape index (κ1) is 16.0. The first-order chi connectivity index (χ1) is 9.85. The maximum absolute atomic E-state index is 4.15. The summed E-state index contributed by atoms with van der Waals surface area (Å²) in [5.74, 6) is 2.16. The van der Waals surface area contributed by atoms with E-state index in [1.165, 1.54) is 44.0 Å². The van der Waals surface area contributed by atoms with Gasteiger partial charge >= 0.3 is 0 Å². The average molecular weight is 296 g/mol. The molecule has 0 amide bonds. The van der Waals surface area contributed by atoms with E-state index in [4.69, 9.17) is 0 Å². The summed E-state index contributed by atoms with van der Waals surface area (Å²) in [4.78, 5) is 0. The number of aryl methyl sites for hydroxylation is 6. The second-order valence-corrected chi connectivity index (χ2v) is 8.05. The SMILES string of the molecule is C=CP(c1c(C)cc(C)cc1C)c1c(C)cc(C)cc1C. The van der Waals surface area contributed by atoms with Gasteiger partial charge in [-0.2, -0.15) is 0 Å².